The van der Waals surface area contributed by atoms with E-state index in [1.165, 1.54) is 50.5 Å². The Kier molecular flexibility index (Phi) is 11.7. The van der Waals surface area contributed by atoms with Crippen LogP contribution in [0, 0.1) is 5.92 Å². The van der Waals surface area contributed by atoms with Crippen molar-refractivity contribution < 1.29 is 0 Å². The van der Waals surface area contributed by atoms with Gasteiger partial charge in [-0.15, -0.1) is 22.7 Å². The van der Waals surface area contributed by atoms with E-state index < -0.39 is 0 Å². The topological polar surface area (TPSA) is 146 Å². The molecule has 4 N–H and O–H groups in total. The molecule has 2 aromatic carbocycles. The first kappa shape index (κ1) is 38.9. The van der Waals surface area contributed by atoms with Gasteiger partial charge >= 0.3 is 0 Å². The first-order chi connectivity index (χ1) is 29.0. The molecule has 0 unspecified atom stereocenters. The lowest BCUT2D eigenvalue weighted by Gasteiger charge is -2.32. The number of benzene rings is 2. The number of nitrogens with zero attached hydrogens (tertiary/aromatic N) is 10. The minimum Gasteiger partial charge on any atom is -0.383 e. The maximum atomic E-state index is 6.11. The summed E-state index contributed by atoms with van der Waals surface area (Å²) in [5.41, 5.74) is 18.8. The van der Waals surface area contributed by atoms with Crippen LogP contribution in [0.5, 0.6) is 0 Å². The van der Waals surface area contributed by atoms with Gasteiger partial charge in [0.25, 0.3) is 0 Å². The number of thiophene rings is 2. The molecule has 14 heteroatoms. The number of aryl methyl sites for hydroxylation is 1. The van der Waals surface area contributed by atoms with Crippen LogP contribution in [0.15, 0.2) is 98.1 Å². The second-order valence-corrected chi connectivity index (χ2v) is 17.7. The summed E-state index contributed by atoms with van der Waals surface area (Å²) in [4.78, 5) is 35.8. The van der Waals surface area contributed by atoms with Gasteiger partial charge in [0.2, 0.25) is 0 Å². The molecule has 1 saturated heterocycles. The van der Waals surface area contributed by atoms with Crippen molar-refractivity contribution >= 4 is 54.7 Å². The third-order valence-electron chi connectivity index (χ3n) is 11.6. The fraction of sp³-hybridized carbons (Fsp3) is 0.333. The van der Waals surface area contributed by atoms with Gasteiger partial charge in [0.05, 0.1) is 56.0 Å². The number of nitrogen functional groups attached to an aromatic ring is 2. The first-order valence-electron chi connectivity index (χ1n) is 20.6. The number of aromatic nitrogens is 8. The standard InChI is InChI=1S/C23H27N7S.C22H23N5S/c1-28-10-12-29(13-11-28)8-5-9-30-16-27-20(17-6-3-2-4-7-17)21(30)19-14-18-22(24)25-15-26-23(18)31-19;23-21-17-11-18(28-22(17)25-13-24-21)20-19(16-9-5-2-6-10-16)26-14-27(20)12-15-7-3-1-4-8-15/h2-4,6-7,14-16H,5,8-13H2,1H3,(H2,24,25,26);2,5-6,9-11,13-15H,1,3-4,7-8,12H2,(H2,23,24,25). The number of fused-ring (bicyclic) bond motifs is 2. The van der Waals surface area contributed by atoms with Crippen molar-refractivity contribution in [1.29, 1.82) is 0 Å². The lowest BCUT2D eigenvalue weighted by atomic mass is 9.89. The highest BCUT2D eigenvalue weighted by atomic mass is 32.1. The molecule has 0 radical (unpaired) electrons. The fourth-order valence-electron chi connectivity index (χ4n) is 8.37. The minimum atomic E-state index is 0.523. The van der Waals surface area contributed by atoms with E-state index in [0.717, 1.165) is 117 Å². The summed E-state index contributed by atoms with van der Waals surface area (Å²) in [7, 11) is 2.20. The van der Waals surface area contributed by atoms with Gasteiger partial charge in [0.15, 0.2) is 0 Å². The molecule has 6 aromatic heterocycles. The van der Waals surface area contributed by atoms with Gasteiger partial charge in [-0.2, -0.15) is 0 Å². The van der Waals surface area contributed by atoms with Gasteiger partial charge in [0.1, 0.15) is 34.0 Å². The van der Waals surface area contributed by atoms with E-state index in [1.54, 1.807) is 22.7 Å². The Bertz CT molecular complexity index is 2620. The van der Waals surface area contributed by atoms with Gasteiger partial charge in [-0.3, -0.25) is 0 Å². The van der Waals surface area contributed by atoms with E-state index >= 15 is 0 Å². The predicted octanol–water partition coefficient (Wildman–Crippen LogP) is 8.83. The molecule has 2 fully saturated rings. The van der Waals surface area contributed by atoms with Crippen molar-refractivity contribution in [1.82, 2.24) is 48.8 Å². The van der Waals surface area contributed by atoms with Gasteiger partial charge < -0.3 is 30.4 Å². The molecule has 8 aromatic rings. The lowest BCUT2D eigenvalue weighted by molar-refractivity contribution is 0.151. The van der Waals surface area contributed by atoms with Crippen LogP contribution in [0.2, 0.25) is 0 Å². The molecular weight excluding hydrogens is 773 g/mol. The van der Waals surface area contributed by atoms with Crippen molar-refractivity contribution in [2.45, 2.75) is 51.6 Å². The summed E-state index contributed by atoms with van der Waals surface area (Å²) >= 11 is 3.31. The van der Waals surface area contributed by atoms with E-state index in [9.17, 15) is 0 Å². The Morgan fingerprint density at radius 1 is 0.610 bits per heavy atom. The second-order valence-electron chi connectivity index (χ2n) is 15.6. The number of rotatable bonds is 10. The molecule has 1 aliphatic heterocycles. The number of hydrogen-bond acceptors (Lipinski definition) is 12. The molecule has 10 rings (SSSR count). The summed E-state index contributed by atoms with van der Waals surface area (Å²) in [5, 5.41) is 1.83. The highest BCUT2D eigenvalue weighted by Crippen LogP contribution is 2.41. The zero-order chi connectivity index (χ0) is 40.1. The quantitative estimate of drug-likeness (QED) is 0.137. The number of piperazine rings is 1. The highest BCUT2D eigenvalue weighted by Gasteiger charge is 2.23. The van der Waals surface area contributed by atoms with Crippen LogP contribution in [-0.2, 0) is 13.1 Å². The van der Waals surface area contributed by atoms with Gasteiger partial charge in [0, 0.05) is 50.4 Å². The molecule has 1 aliphatic carbocycles. The van der Waals surface area contributed by atoms with Crippen molar-refractivity contribution in [3.8, 4) is 43.7 Å². The van der Waals surface area contributed by atoms with E-state index in [2.05, 4.69) is 107 Å². The van der Waals surface area contributed by atoms with Crippen LogP contribution in [-0.4, -0.2) is 88.6 Å². The van der Waals surface area contributed by atoms with Crippen LogP contribution >= 0.6 is 22.7 Å². The molecule has 1 saturated carbocycles. The molecule has 0 spiro atoms. The number of hydrogen-bond donors (Lipinski definition) is 2. The molecule has 0 amide bonds. The zero-order valence-corrected chi connectivity index (χ0v) is 35.1. The lowest BCUT2D eigenvalue weighted by Crippen LogP contribution is -2.44. The van der Waals surface area contributed by atoms with Crippen LogP contribution in [0.1, 0.15) is 38.5 Å². The molecule has 0 bridgehead atoms. The summed E-state index contributed by atoms with van der Waals surface area (Å²) in [5.74, 6) is 1.78. The average Bonchev–Trinajstić information content (AvgIpc) is 4.08. The second kappa shape index (κ2) is 17.8. The van der Waals surface area contributed by atoms with Gasteiger partial charge in [-0.25, -0.2) is 29.9 Å². The Labute approximate surface area is 352 Å². The van der Waals surface area contributed by atoms with Gasteiger partial charge in [-0.05, 0) is 50.9 Å². The molecule has 12 nitrogen and oxygen atoms in total. The van der Waals surface area contributed by atoms with Gasteiger partial charge in [-0.1, -0.05) is 79.9 Å². The van der Waals surface area contributed by atoms with Crippen molar-refractivity contribution in [3.05, 3.63) is 98.1 Å². The molecular formula is C45H50N12S2. The van der Waals surface area contributed by atoms with E-state index in [4.69, 9.17) is 21.4 Å². The average molecular weight is 823 g/mol. The summed E-state index contributed by atoms with van der Waals surface area (Å²) in [6.07, 6.45) is 14.8. The summed E-state index contributed by atoms with van der Waals surface area (Å²) in [6.45, 7) is 7.66. The third-order valence-corrected chi connectivity index (χ3v) is 13.7. The number of anilines is 2. The van der Waals surface area contributed by atoms with E-state index in [0.29, 0.717) is 11.6 Å². The first-order valence-corrected chi connectivity index (χ1v) is 22.2. The maximum absolute atomic E-state index is 6.11. The number of imidazole rings is 2. The fourth-order valence-corrected chi connectivity index (χ4v) is 10.5. The van der Waals surface area contributed by atoms with E-state index in [-0.39, 0.29) is 0 Å². The molecule has 2 aliphatic rings. The van der Waals surface area contributed by atoms with Crippen LogP contribution in [0.25, 0.3) is 64.1 Å². The highest BCUT2D eigenvalue weighted by molar-refractivity contribution is 7.22. The normalized spacial score (nSPS) is 15.5. The van der Waals surface area contributed by atoms with Crippen LogP contribution in [0.3, 0.4) is 0 Å². The zero-order valence-electron chi connectivity index (χ0n) is 33.5. The molecule has 0 atom stereocenters. The van der Waals surface area contributed by atoms with Crippen LogP contribution in [0.4, 0.5) is 11.6 Å². The number of likely N-dealkylation sites (N-methyl/N-ethyl adjacent to an activating group) is 1. The predicted molar refractivity (Wildman–Crippen MR) is 242 cm³/mol. The van der Waals surface area contributed by atoms with Crippen LogP contribution < -0.4 is 11.5 Å². The Balaban J connectivity index is 0.000000153. The van der Waals surface area contributed by atoms with Crippen molar-refractivity contribution in [2.24, 2.45) is 5.92 Å². The van der Waals surface area contributed by atoms with E-state index in [1.807, 2.05) is 24.8 Å². The molecule has 7 heterocycles. The van der Waals surface area contributed by atoms with Crippen molar-refractivity contribution in [2.75, 3.05) is 51.2 Å². The summed E-state index contributed by atoms with van der Waals surface area (Å²) in [6, 6.07) is 25.0. The Morgan fingerprint density at radius 3 is 1.68 bits per heavy atom. The Morgan fingerprint density at radius 2 is 1.14 bits per heavy atom. The molecule has 302 valence electrons. The maximum Gasteiger partial charge on any atom is 0.135 e. The minimum absolute atomic E-state index is 0.523. The summed E-state index contributed by atoms with van der Waals surface area (Å²) < 4.78 is 4.62. The largest absolute Gasteiger partial charge is 0.383 e. The SMILES string of the molecule is CN1CCN(CCCn2cnc(-c3ccccc3)c2-c2cc3c(N)ncnc3s2)CC1.Nc1ncnc2sc(-c3c(-c4ccccc4)ncn3CC3CCCCC3)cc12. The molecule has 59 heavy (non-hydrogen) atoms. The Hall–Kier alpha value is -5.54. The smallest absolute Gasteiger partial charge is 0.135 e. The van der Waals surface area contributed by atoms with Crippen molar-refractivity contribution in [3.63, 3.8) is 0 Å². The monoisotopic (exact) mass is 822 g/mol. The third kappa shape index (κ3) is 8.62. The number of nitrogens with two attached hydrogens (primary N) is 2.